The highest BCUT2D eigenvalue weighted by molar-refractivity contribution is 5.04. The first-order valence-corrected chi connectivity index (χ1v) is 3.88. The number of fused-ring (bicyclic) bond motifs is 1. The third-order valence-corrected chi connectivity index (χ3v) is 2.74. The summed E-state index contributed by atoms with van der Waals surface area (Å²) in [5.74, 6) is -1.16. The molecule has 1 nitrogen and oxygen atoms in total. The molecule has 0 unspecified atom stereocenters. The Morgan fingerprint density at radius 1 is 1.18 bits per heavy atom. The van der Waals surface area contributed by atoms with Crippen LogP contribution in [0.3, 0.4) is 0 Å². The molecule has 1 saturated carbocycles. The van der Waals surface area contributed by atoms with Crippen LogP contribution in [0.4, 0.5) is 13.2 Å². The van der Waals surface area contributed by atoms with Crippen molar-refractivity contribution in [2.75, 3.05) is 13.1 Å². The first-order valence-electron chi connectivity index (χ1n) is 3.88. The van der Waals surface area contributed by atoms with Crippen LogP contribution >= 0.6 is 0 Å². The zero-order chi connectivity index (χ0) is 8.06. The Hall–Kier alpha value is -0.250. The lowest BCUT2D eigenvalue weighted by molar-refractivity contribution is -0.153. The van der Waals surface area contributed by atoms with Gasteiger partial charge in [-0.3, -0.25) is 0 Å². The van der Waals surface area contributed by atoms with Gasteiger partial charge in [0, 0.05) is 0 Å². The van der Waals surface area contributed by atoms with Crippen molar-refractivity contribution in [2.45, 2.75) is 12.6 Å². The minimum Gasteiger partial charge on any atom is -0.316 e. The Balaban J connectivity index is 2.00. The Morgan fingerprint density at radius 3 is 2.36 bits per heavy atom. The number of halogens is 3. The van der Waals surface area contributed by atoms with Crippen LogP contribution in [0.25, 0.3) is 0 Å². The summed E-state index contributed by atoms with van der Waals surface area (Å²) in [7, 11) is 0. The summed E-state index contributed by atoms with van der Waals surface area (Å²) in [5, 5.41) is 2.98. The van der Waals surface area contributed by atoms with E-state index >= 15 is 0 Å². The van der Waals surface area contributed by atoms with Crippen LogP contribution in [0.15, 0.2) is 0 Å². The molecule has 0 aromatic rings. The fourth-order valence-corrected chi connectivity index (χ4v) is 2.14. The molecular weight excluding hydrogens is 155 g/mol. The van der Waals surface area contributed by atoms with Gasteiger partial charge >= 0.3 is 6.18 Å². The van der Waals surface area contributed by atoms with E-state index in [1.54, 1.807) is 0 Å². The summed E-state index contributed by atoms with van der Waals surface area (Å²) >= 11 is 0. The molecule has 0 aromatic carbocycles. The average molecular weight is 165 g/mol. The van der Waals surface area contributed by atoms with E-state index in [0.717, 1.165) is 6.54 Å². The van der Waals surface area contributed by atoms with Crippen LogP contribution < -0.4 is 5.32 Å². The maximum absolute atomic E-state index is 12.1. The topological polar surface area (TPSA) is 12.0 Å². The van der Waals surface area contributed by atoms with Crippen molar-refractivity contribution < 1.29 is 13.2 Å². The van der Waals surface area contributed by atoms with Crippen LogP contribution in [0.5, 0.6) is 0 Å². The Morgan fingerprint density at radius 2 is 1.91 bits per heavy atom. The van der Waals surface area contributed by atoms with E-state index in [1.807, 2.05) is 0 Å². The molecule has 0 aromatic heterocycles. The molecule has 64 valence electrons. The van der Waals surface area contributed by atoms with Gasteiger partial charge in [-0.05, 0) is 31.3 Å². The van der Waals surface area contributed by atoms with Crippen molar-refractivity contribution in [2.24, 2.45) is 17.8 Å². The predicted octanol–water partition coefficient (Wildman–Crippen LogP) is 1.40. The van der Waals surface area contributed by atoms with E-state index in [2.05, 4.69) is 5.32 Å². The Labute approximate surface area is 63.0 Å². The van der Waals surface area contributed by atoms with Crippen LogP contribution in [-0.2, 0) is 0 Å². The highest BCUT2D eigenvalue weighted by Gasteiger charge is 2.63. The van der Waals surface area contributed by atoms with Crippen molar-refractivity contribution in [3.05, 3.63) is 0 Å². The molecule has 1 aliphatic heterocycles. The summed E-state index contributed by atoms with van der Waals surface area (Å²) < 4.78 is 36.3. The number of hydrogen-bond acceptors (Lipinski definition) is 1. The predicted molar refractivity (Wildman–Crippen MR) is 34.0 cm³/mol. The summed E-state index contributed by atoms with van der Waals surface area (Å²) in [6.45, 7) is 1.32. The fourth-order valence-electron chi connectivity index (χ4n) is 2.14. The van der Waals surface area contributed by atoms with Gasteiger partial charge in [0.15, 0.2) is 0 Å². The molecular formula is C7H10F3N. The highest BCUT2D eigenvalue weighted by atomic mass is 19.4. The molecule has 2 aliphatic rings. The monoisotopic (exact) mass is 165 g/mol. The van der Waals surface area contributed by atoms with Crippen molar-refractivity contribution in [1.29, 1.82) is 0 Å². The number of piperidine rings is 1. The second-order valence-electron chi connectivity index (χ2n) is 3.39. The molecule has 4 heteroatoms. The van der Waals surface area contributed by atoms with E-state index in [4.69, 9.17) is 0 Å². The van der Waals surface area contributed by atoms with Crippen LogP contribution in [-0.4, -0.2) is 19.3 Å². The summed E-state index contributed by atoms with van der Waals surface area (Å²) in [4.78, 5) is 0. The molecule has 11 heavy (non-hydrogen) atoms. The molecule has 1 saturated heterocycles. The Kier molecular flexibility index (Phi) is 1.43. The van der Waals surface area contributed by atoms with Crippen molar-refractivity contribution >= 4 is 0 Å². The van der Waals surface area contributed by atoms with Gasteiger partial charge in [-0.2, -0.15) is 13.2 Å². The molecule has 0 spiro atoms. The van der Waals surface area contributed by atoms with E-state index in [9.17, 15) is 13.2 Å². The normalized spacial score (nSPS) is 43.4. The van der Waals surface area contributed by atoms with Gasteiger partial charge < -0.3 is 5.32 Å². The lowest BCUT2D eigenvalue weighted by atomic mass is 10.2. The van der Waals surface area contributed by atoms with Crippen LogP contribution in [0, 0.1) is 17.8 Å². The molecule has 1 N–H and O–H groups in total. The number of rotatable bonds is 0. The third kappa shape index (κ3) is 1.13. The van der Waals surface area contributed by atoms with E-state index in [0.29, 0.717) is 13.0 Å². The fraction of sp³-hybridized carbons (Fsp3) is 1.00. The van der Waals surface area contributed by atoms with Gasteiger partial charge in [0.05, 0.1) is 5.92 Å². The lowest BCUT2D eigenvalue weighted by Gasteiger charge is -2.07. The first kappa shape index (κ1) is 7.40. The van der Waals surface area contributed by atoms with Crippen molar-refractivity contribution in [3.63, 3.8) is 0 Å². The standard InChI is InChI=1S/C7H10F3N/c8-7(9,10)6-4-1-2-11-3-5(4)6/h4-6,11H,1-3H2/t4-,5+,6+/m0/s1. The second kappa shape index (κ2) is 2.12. The quantitative estimate of drug-likeness (QED) is 0.572. The minimum atomic E-state index is -3.94. The van der Waals surface area contributed by atoms with Gasteiger partial charge in [0.25, 0.3) is 0 Å². The summed E-state index contributed by atoms with van der Waals surface area (Å²) in [6.07, 6.45) is -3.24. The zero-order valence-electron chi connectivity index (χ0n) is 5.99. The molecule has 1 heterocycles. The lowest BCUT2D eigenvalue weighted by Crippen LogP contribution is -2.24. The van der Waals surface area contributed by atoms with Gasteiger partial charge in [-0.15, -0.1) is 0 Å². The van der Waals surface area contributed by atoms with Gasteiger partial charge in [0.2, 0.25) is 0 Å². The van der Waals surface area contributed by atoms with Crippen molar-refractivity contribution in [3.8, 4) is 0 Å². The average Bonchev–Trinajstić information content (AvgIpc) is 2.58. The van der Waals surface area contributed by atoms with E-state index in [-0.39, 0.29) is 11.8 Å². The number of nitrogens with one attached hydrogen (secondary N) is 1. The Bertz CT molecular complexity index is 154. The van der Waals surface area contributed by atoms with Gasteiger partial charge in [-0.25, -0.2) is 0 Å². The summed E-state index contributed by atoms with van der Waals surface area (Å²) in [6, 6.07) is 0. The third-order valence-electron chi connectivity index (χ3n) is 2.74. The van der Waals surface area contributed by atoms with Gasteiger partial charge in [0.1, 0.15) is 0 Å². The molecule has 0 amide bonds. The van der Waals surface area contributed by atoms with Crippen LogP contribution in [0.1, 0.15) is 6.42 Å². The smallest absolute Gasteiger partial charge is 0.316 e. The molecule has 2 rings (SSSR count). The molecule has 0 radical (unpaired) electrons. The van der Waals surface area contributed by atoms with E-state index in [1.165, 1.54) is 0 Å². The van der Waals surface area contributed by atoms with Crippen LogP contribution in [0.2, 0.25) is 0 Å². The van der Waals surface area contributed by atoms with Crippen molar-refractivity contribution in [1.82, 2.24) is 5.32 Å². The maximum atomic E-state index is 12.1. The number of alkyl halides is 3. The first-order chi connectivity index (χ1) is 5.11. The summed E-state index contributed by atoms with van der Waals surface area (Å²) in [5.41, 5.74) is 0. The van der Waals surface area contributed by atoms with Gasteiger partial charge in [-0.1, -0.05) is 0 Å². The molecule has 2 fully saturated rings. The largest absolute Gasteiger partial charge is 0.392 e. The maximum Gasteiger partial charge on any atom is 0.392 e. The second-order valence-corrected chi connectivity index (χ2v) is 3.39. The number of hydrogen-bond donors (Lipinski definition) is 1. The molecule has 0 bridgehead atoms. The van der Waals surface area contributed by atoms with E-state index < -0.39 is 12.1 Å². The molecule has 1 aliphatic carbocycles. The highest BCUT2D eigenvalue weighted by Crippen LogP contribution is 2.57. The minimum absolute atomic E-state index is 0.0590. The SMILES string of the molecule is FC(F)(F)[C@H]1[C@@H]2CNCC[C@@H]21. The zero-order valence-corrected chi connectivity index (χ0v) is 5.99. The molecule has 3 atom stereocenters.